The number of carbonyl (C=O) groups excluding carboxylic acids is 2. The van der Waals surface area contributed by atoms with Crippen molar-refractivity contribution in [2.75, 3.05) is 0 Å². The molecule has 1 fully saturated rings. The smallest absolute Gasteiger partial charge is 0.272 e. The van der Waals surface area contributed by atoms with E-state index in [4.69, 9.17) is 0 Å². The molecule has 1 aliphatic heterocycles. The molecule has 1 heterocycles. The van der Waals surface area contributed by atoms with Gasteiger partial charge in [-0.3, -0.25) is 9.59 Å². The molecule has 0 atom stereocenters. The molecule has 1 saturated heterocycles. The Labute approximate surface area is 179 Å². The van der Waals surface area contributed by atoms with E-state index in [1.54, 1.807) is 102 Å². The van der Waals surface area contributed by atoms with E-state index in [0.717, 1.165) is 5.56 Å². The van der Waals surface area contributed by atoms with Gasteiger partial charge in [0.2, 0.25) is 0 Å². The third kappa shape index (κ3) is 3.19. The highest BCUT2D eigenvalue weighted by atomic mass is 32.2. The molecule has 1 aliphatic rings. The Hall–Kier alpha value is -2.73. The van der Waals surface area contributed by atoms with Gasteiger partial charge in [-0.15, -0.1) is 0 Å². The minimum absolute atomic E-state index is 0.0455. The number of amides is 2. The summed E-state index contributed by atoms with van der Waals surface area (Å²) in [5.74, 6) is -1.58. The van der Waals surface area contributed by atoms with Crippen LogP contribution in [0.2, 0.25) is 0 Å². The highest BCUT2D eigenvalue weighted by Gasteiger charge is 2.67. The number of hydrogen-bond acceptors (Lipinski definition) is 4. The molecule has 6 heteroatoms. The van der Waals surface area contributed by atoms with Crippen LogP contribution in [0, 0.1) is 24.7 Å². The average Bonchev–Trinajstić information content (AvgIpc) is 2.84. The van der Waals surface area contributed by atoms with E-state index in [1.165, 1.54) is 6.07 Å². The van der Waals surface area contributed by atoms with Crippen molar-refractivity contribution >= 4 is 21.8 Å². The van der Waals surface area contributed by atoms with Gasteiger partial charge >= 0.3 is 0 Å². The molecule has 2 amide bonds. The van der Waals surface area contributed by atoms with Crippen LogP contribution in [0.15, 0.2) is 71.7 Å². The number of imide groups is 1. The predicted molar refractivity (Wildman–Crippen MR) is 119 cm³/mol. The van der Waals surface area contributed by atoms with Gasteiger partial charge < -0.3 is 0 Å². The Morgan fingerprint density at radius 1 is 0.767 bits per heavy atom. The van der Waals surface area contributed by atoms with Crippen LogP contribution >= 0.6 is 0 Å². The average molecular weight is 428 g/mol. The monoisotopic (exact) mass is 427 g/mol. The molecule has 5 nitrogen and oxygen atoms in total. The van der Waals surface area contributed by atoms with Crippen LogP contribution in [0.1, 0.15) is 38.8 Å². The van der Waals surface area contributed by atoms with Gasteiger partial charge in [0.1, 0.15) is 10.8 Å². The summed E-state index contributed by atoms with van der Waals surface area (Å²) in [6.07, 6.45) is 13.1. The SMILES string of the molecule is CC=CC1(C=CC)C(=O)N(S(=O)(=O)c2cccc(C)c2C)C(=O)C1(C=CC)C=CC. The molecule has 0 aromatic heterocycles. The lowest BCUT2D eigenvalue weighted by Gasteiger charge is -2.33. The Morgan fingerprint density at radius 3 is 1.53 bits per heavy atom. The fourth-order valence-corrected chi connectivity index (χ4v) is 5.84. The van der Waals surface area contributed by atoms with Gasteiger partial charge in [0.05, 0.1) is 4.90 Å². The number of hydrogen-bond donors (Lipinski definition) is 0. The zero-order chi connectivity index (χ0) is 22.7. The molecule has 0 N–H and O–H groups in total. The van der Waals surface area contributed by atoms with E-state index in [-0.39, 0.29) is 4.90 Å². The first-order valence-corrected chi connectivity index (χ1v) is 11.3. The lowest BCUT2D eigenvalue weighted by Crippen LogP contribution is -2.39. The molecule has 1 aromatic rings. The topological polar surface area (TPSA) is 71.5 Å². The molecule has 1 aromatic carbocycles. The van der Waals surface area contributed by atoms with E-state index >= 15 is 0 Å². The summed E-state index contributed by atoms with van der Waals surface area (Å²) in [4.78, 5) is 27.5. The van der Waals surface area contributed by atoms with E-state index < -0.39 is 32.7 Å². The lowest BCUT2D eigenvalue weighted by atomic mass is 9.63. The van der Waals surface area contributed by atoms with Crippen molar-refractivity contribution in [3.05, 3.63) is 77.9 Å². The number of benzene rings is 1. The molecular weight excluding hydrogens is 398 g/mol. The van der Waals surface area contributed by atoms with E-state index in [0.29, 0.717) is 9.87 Å². The fourth-order valence-electron chi connectivity index (χ4n) is 4.10. The van der Waals surface area contributed by atoms with Gasteiger partial charge in [-0.05, 0) is 58.7 Å². The van der Waals surface area contributed by atoms with Crippen LogP contribution in [0.5, 0.6) is 0 Å². The van der Waals surface area contributed by atoms with Crippen molar-refractivity contribution in [2.45, 2.75) is 46.4 Å². The van der Waals surface area contributed by atoms with Gasteiger partial charge in [-0.1, -0.05) is 60.7 Å². The van der Waals surface area contributed by atoms with Crippen molar-refractivity contribution in [3.63, 3.8) is 0 Å². The number of carbonyl (C=O) groups is 2. The third-order valence-corrected chi connectivity index (χ3v) is 7.36. The van der Waals surface area contributed by atoms with Crippen molar-refractivity contribution in [2.24, 2.45) is 10.8 Å². The van der Waals surface area contributed by atoms with Gasteiger partial charge in [-0.2, -0.15) is 4.31 Å². The zero-order valence-electron chi connectivity index (χ0n) is 18.3. The maximum Gasteiger partial charge on any atom is 0.273 e. The molecule has 2 rings (SSSR count). The quantitative estimate of drug-likeness (QED) is 0.490. The van der Waals surface area contributed by atoms with E-state index in [2.05, 4.69) is 0 Å². The molecule has 0 unspecified atom stereocenters. The second-order valence-electron chi connectivity index (χ2n) is 7.32. The second-order valence-corrected chi connectivity index (χ2v) is 9.07. The second kappa shape index (κ2) is 8.56. The van der Waals surface area contributed by atoms with Gasteiger partial charge in [0.15, 0.2) is 0 Å². The van der Waals surface area contributed by atoms with Crippen LogP contribution in [0.4, 0.5) is 0 Å². The number of aryl methyl sites for hydroxylation is 1. The van der Waals surface area contributed by atoms with Crippen LogP contribution in [0.3, 0.4) is 0 Å². The number of allylic oxidation sites excluding steroid dienone is 4. The van der Waals surface area contributed by atoms with Crippen molar-refractivity contribution in [1.82, 2.24) is 4.31 Å². The van der Waals surface area contributed by atoms with Gasteiger partial charge in [0, 0.05) is 0 Å². The third-order valence-electron chi connectivity index (χ3n) is 5.55. The normalized spacial score (nSPS) is 25.7. The Kier molecular flexibility index (Phi) is 6.72. The molecule has 0 bridgehead atoms. The predicted octanol–water partition coefficient (Wildman–Crippen LogP) is 4.64. The van der Waals surface area contributed by atoms with Crippen LogP contribution in [0.25, 0.3) is 0 Å². The van der Waals surface area contributed by atoms with Crippen molar-refractivity contribution in [1.29, 1.82) is 0 Å². The molecule has 160 valence electrons. The zero-order valence-corrected chi connectivity index (χ0v) is 19.2. The van der Waals surface area contributed by atoms with Crippen molar-refractivity contribution in [3.8, 4) is 0 Å². The molecule has 0 spiro atoms. The molecular formula is C24H29NO4S. The molecule has 0 radical (unpaired) electrons. The summed E-state index contributed by atoms with van der Waals surface area (Å²) in [5.41, 5.74) is -1.71. The summed E-state index contributed by atoms with van der Waals surface area (Å²) in [6.45, 7) is 10.4. The highest BCUT2D eigenvalue weighted by molar-refractivity contribution is 7.90. The van der Waals surface area contributed by atoms with E-state index in [9.17, 15) is 18.0 Å². The van der Waals surface area contributed by atoms with Gasteiger partial charge in [0.25, 0.3) is 21.8 Å². The minimum atomic E-state index is -4.41. The summed E-state index contributed by atoms with van der Waals surface area (Å²) in [5, 5.41) is 0. The number of nitrogens with zero attached hydrogens (tertiary/aromatic N) is 1. The minimum Gasteiger partial charge on any atom is -0.272 e. The number of rotatable bonds is 6. The first-order chi connectivity index (χ1) is 14.1. The van der Waals surface area contributed by atoms with Crippen LogP contribution < -0.4 is 0 Å². The summed E-state index contributed by atoms with van der Waals surface area (Å²) in [7, 11) is -4.41. The Morgan fingerprint density at radius 2 is 1.17 bits per heavy atom. The van der Waals surface area contributed by atoms with E-state index in [1.807, 2.05) is 0 Å². The summed E-state index contributed by atoms with van der Waals surface area (Å²) >= 11 is 0. The first kappa shape index (κ1) is 23.5. The maximum absolute atomic E-state index is 13.8. The maximum atomic E-state index is 13.8. The highest BCUT2D eigenvalue weighted by Crippen LogP contribution is 2.54. The Bertz CT molecular complexity index is 1000. The summed E-state index contributed by atoms with van der Waals surface area (Å²) < 4.78 is 27.7. The standard InChI is InChI=1S/C24H29NO4S/c1-7-14-23(15-8-2)21(26)25(22(27)24(23,16-9-3)17-10-4)30(28,29)20-13-11-12-18(5)19(20)6/h7-17H,1-6H3. The fraction of sp³-hybridized carbons (Fsp3) is 0.333. The van der Waals surface area contributed by atoms with Crippen LogP contribution in [-0.4, -0.2) is 24.5 Å². The molecule has 0 aliphatic carbocycles. The molecule has 30 heavy (non-hydrogen) atoms. The number of sulfonamides is 1. The first-order valence-electron chi connectivity index (χ1n) is 9.87. The van der Waals surface area contributed by atoms with Crippen LogP contribution in [-0.2, 0) is 19.6 Å². The lowest BCUT2D eigenvalue weighted by molar-refractivity contribution is -0.134. The largest absolute Gasteiger partial charge is 0.273 e. The Balaban J connectivity index is 2.96. The summed E-state index contributed by atoms with van der Waals surface area (Å²) in [6, 6.07) is 4.82. The van der Waals surface area contributed by atoms with Gasteiger partial charge in [-0.25, -0.2) is 8.42 Å². The molecule has 0 saturated carbocycles. The van der Waals surface area contributed by atoms with Crippen molar-refractivity contribution < 1.29 is 18.0 Å².